The van der Waals surface area contributed by atoms with E-state index in [0.717, 1.165) is 5.56 Å². The maximum Gasteiger partial charge on any atom is 0.310 e. The third-order valence-electron chi connectivity index (χ3n) is 1.42. The highest BCUT2D eigenvalue weighted by molar-refractivity contribution is 5.46. The van der Waals surface area contributed by atoms with Gasteiger partial charge in [0.15, 0.2) is 11.5 Å². The molecule has 0 unspecified atom stereocenters. The van der Waals surface area contributed by atoms with Crippen molar-refractivity contribution in [3.8, 4) is 17.6 Å². The molecule has 0 fully saturated rings. The minimum absolute atomic E-state index is 0.124. The Labute approximate surface area is 71.0 Å². The van der Waals surface area contributed by atoms with E-state index < -0.39 is 0 Å². The van der Waals surface area contributed by atoms with Crippen LogP contribution in [-0.2, 0) is 0 Å². The second kappa shape index (κ2) is 3.63. The molecule has 0 radical (unpaired) electrons. The first kappa shape index (κ1) is 8.41. The number of aromatic hydroxyl groups is 1. The first-order valence-electron chi connectivity index (χ1n) is 3.49. The van der Waals surface area contributed by atoms with Gasteiger partial charge in [-0.15, -0.1) is 0 Å². The van der Waals surface area contributed by atoms with E-state index >= 15 is 0 Å². The minimum Gasteiger partial charge on any atom is -0.504 e. The fraction of sp³-hybridized carbons (Fsp3) is 0.222. The molecule has 0 spiro atoms. The van der Waals surface area contributed by atoms with E-state index in [2.05, 4.69) is 10.9 Å². The second-order valence-electron chi connectivity index (χ2n) is 2.22. The predicted molar refractivity (Wildman–Crippen MR) is 46.9 cm³/mol. The Bertz CT molecular complexity index is 336. The van der Waals surface area contributed by atoms with Gasteiger partial charge in [0.05, 0.1) is 7.11 Å². The largest absolute Gasteiger partial charge is 0.504 e. The lowest BCUT2D eigenvalue weighted by Gasteiger charge is -2.00. The number of rotatable bonds is 1. The molecular weight excluding hydrogens is 154 g/mol. The fourth-order valence-electron chi connectivity index (χ4n) is 0.876. The summed E-state index contributed by atoms with van der Waals surface area (Å²) in [6.07, 6.45) is 0. The molecule has 0 atom stereocenters. The predicted octanol–water partition coefficient (Wildman–Crippen LogP) is 1.71. The molecule has 62 valence electrons. The molecular formula is C9H10NO2+. The van der Waals surface area contributed by atoms with Crippen molar-refractivity contribution in [2.75, 3.05) is 14.2 Å². The van der Waals surface area contributed by atoms with Gasteiger partial charge in [-0.1, -0.05) is 4.85 Å². The highest BCUT2D eigenvalue weighted by Gasteiger charge is 2.02. The zero-order chi connectivity index (χ0) is 8.97. The lowest BCUT2D eigenvalue weighted by Crippen LogP contribution is -1.84. The summed E-state index contributed by atoms with van der Waals surface area (Å²) in [7, 11) is 3.14. The molecule has 12 heavy (non-hydrogen) atoms. The van der Waals surface area contributed by atoms with Gasteiger partial charge < -0.3 is 9.84 Å². The first-order chi connectivity index (χ1) is 5.77. The minimum atomic E-state index is 0.124. The smallest absolute Gasteiger partial charge is 0.310 e. The van der Waals surface area contributed by atoms with Crippen LogP contribution in [0.2, 0.25) is 0 Å². The van der Waals surface area contributed by atoms with Crippen molar-refractivity contribution in [1.82, 2.24) is 0 Å². The molecule has 0 amide bonds. The van der Waals surface area contributed by atoms with E-state index in [4.69, 9.17) is 4.74 Å². The van der Waals surface area contributed by atoms with Gasteiger partial charge in [-0.05, 0) is 12.1 Å². The van der Waals surface area contributed by atoms with Crippen LogP contribution in [0.3, 0.4) is 0 Å². The summed E-state index contributed by atoms with van der Waals surface area (Å²) in [5.41, 5.74) is 0.784. The van der Waals surface area contributed by atoms with Crippen molar-refractivity contribution in [2.24, 2.45) is 0 Å². The normalized spacial score (nSPS) is 8.50. The Morgan fingerprint density at radius 1 is 1.50 bits per heavy atom. The van der Waals surface area contributed by atoms with Crippen molar-refractivity contribution in [2.45, 2.75) is 0 Å². The second-order valence-corrected chi connectivity index (χ2v) is 2.22. The van der Waals surface area contributed by atoms with Crippen LogP contribution in [0.5, 0.6) is 11.5 Å². The van der Waals surface area contributed by atoms with Crippen LogP contribution < -0.4 is 4.74 Å². The van der Waals surface area contributed by atoms with Crippen LogP contribution in [0.15, 0.2) is 18.2 Å². The van der Waals surface area contributed by atoms with E-state index in [1.807, 2.05) is 0 Å². The summed E-state index contributed by atoms with van der Waals surface area (Å²) in [6, 6.07) is 7.67. The SMILES string of the molecule is C[N+]#Cc1ccc(O)c(OC)c1. The van der Waals surface area contributed by atoms with Crippen molar-refractivity contribution in [3.63, 3.8) is 0 Å². The summed E-state index contributed by atoms with van der Waals surface area (Å²) in [6.45, 7) is 0. The molecule has 0 aliphatic carbocycles. The third kappa shape index (κ3) is 1.67. The molecule has 0 aliphatic heterocycles. The summed E-state index contributed by atoms with van der Waals surface area (Å²) < 4.78 is 4.90. The van der Waals surface area contributed by atoms with Gasteiger partial charge in [-0.2, -0.15) is 0 Å². The van der Waals surface area contributed by atoms with Gasteiger partial charge >= 0.3 is 6.07 Å². The summed E-state index contributed by atoms with van der Waals surface area (Å²) in [5.74, 6) is 0.558. The summed E-state index contributed by atoms with van der Waals surface area (Å²) in [5, 5.41) is 9.22. The average molecular weight is 164 g/mol. The van der Waals surface area contributed by atoms with Crippen LogP contribution in [0.4, 0.5) is 0 Å². The zero-order valence-corrected chi connectivity index (χ0v) is 7.03. The van der Waals surface area contributed by atoms with E-state index in [-0.39, 0.29) is 5.75 Å². The van der Waals surface area contributed by atoms with Gasteiger partial charge in [0.25, 0.3) is 7.05 Å². The van der Waals surface area contributed by atoms with Crippen LogP contribution in [0.1, 0.15) is 5.56 Å². The maximum absolute atomic E-state index is 9.22. The van der Waals surface area contributed by atoms with E-state index in [1.165, 1.54) is 7.11 Å². The van der Waals surface area contributed by atoms with Crippen molar-refractivity contribution in [3.05, 3.63) is 28.6 Å². The molecule has 0 bridgehead atoms. The molecule has 3 heteroatoms. The molecule has 1 aromatic rings. The number of ether oxygens (including phenoxy) is 1. The molecule has 1 N–H and O–H groups in total. The van der Waals surface area contributed by atoms with Crippen molar-refractivity contribution in [1.29, 1.82) is 0 Å². The topological polar surface area (TPSA) is 33.8 Å². The number of methoxy groups -OCH3 is 1. The number of hydrogen-bond donors (Lipinski definition) is 1. The Morgan fingerprint density at radius 2 is 2.25 bits per heavy atom. The molecule has 0 saturated carbocycles. The molecule has 3 nitrogen and oxygen atoms in total. The number of benzene rings is 1. The Morgan fingerprint density at radius 3 is 2.83 bits per heavy atom. The lowest BCUT2D eigenvalue weighted by molar-refractivity contribution is 0.373. The summed E-state index contributed by atoms with van der Waals surface area (Å²) in [4.78, 5) is 3.72. The van der Waals surface area contributed by atoms with Crippen molar-refractivity contribution >= 4 is 0 Å². The lowest BCUT2D eigenvalue weighted by atomic mass is 10.2. The van der Waals surface area contributed by atoms with Crippen LogP contribution in [0.25, 0.3) is 4.85 Å². The van der Waals surface area contributed by atoms with E-state index in [1.54, 1.807) is 25.2 Å². The molecule has 0 aromatic heterocycles. The Balaban J connectivity index is 3.10. The molecule has 0 saturated heterocycles. The molecule has 0 aliphatic rings. The highest BCUT2D eigenvalue weighted by atomic mass is 16.5. The zero-order valence-electron chi connectivity index (χ0n) is 7.03. The fourth-order valence-corrected chi connectivity index (χ4v) is 0.876. The van der Waals surface area contributed by atoms with Gasteiger partial charge in [0.1, 0.15) is 5.56 Å². The maximum atomic E-state index is 9.22. The van der Waals surface area contributed by atoms with E-state index in [0.29, 0.717) is 5.75 Å². The van der Waals surface area contributed by atoms with Gasteiger partial charge in [-0.25, -0.2) is 0 Å². The standard InChI is InChI=1S/C9H9NO2/c1-10-6-7-3-4-8(11)9(5-7)12-2/h3-5H,1-2H3/p+1. The van der Waals surface area contributed by atoms with Crippen LogP contribution in [0, 0.1) is 6.07 Å². The number of nitrogens with zero attached hydrogens (tertiary/aromatic N) is 1. The van der Waals surface area contributed by atoms with E-state index in [9.17, 15) is 5.11 Å². The van der Waals surface area contributed by atoms with Gasteiger partial charge in [0, 0.05) is 6.07 Å². The van der Waals surface area contributed by atoms with Crippen LogP contribution >= 0.6 is 0 Å². The summed E-state index contributed by atoms with van der Waals surface area (Å²) >= 11 is 0. The quantitative estimate of drug-likeness (QED) is 0.685. The third-order valence-corrected chi connectivity index (χ3v) is 1.42. The monoisotopic (exact) mass is 164 g/mol. The average Bonchev–Trinajstić information content (AvgIpc) is 2.09. The van der Waals surface area contributed by atoms with Gasteiger partial charge in [-0.3, -0.25) is 0 Å². The first-order valence-corrected chi connectivity index (χ1v) is 3.49. The Kier molecular flexibility index (Phi) is 2.54. The molecule has 1 rings (SSSR count). The van der Waals surface area contributed by atoms with Crippen molar-refractivity contribution < 1.29 is 9.84 Å². The molecule has 1 aromatic carbocycles. The number of hydrogen-bond acceptors (Lipinski definition) is 2. The Hall–Kier alpha value is -1.69. The molecule has 0 heterocycles. The number of phenols is 1. The highest BCUT2D eigenvalue weighted by Crippen LogP contribution is 2.25. The number of phenolic OH excluding ortho intramolecular Hbond substituents is 1. The van der Waals surface area contributed by atoms with Crippen LogP contribution in [-0.4, -0.2) is 19.3 Å². The van der Waals surface area contributed by atoms with Gasteiger partial charge in [0.2, 0.25) is 0 Å².